The molecule has 0 radical (unpaired) electrons. The summed E-state index contributed by atoms with van der Waals surface area (Å²) in [5.74, 6) is -0.484. The quantitative estimate of drug-likeness (QED) is 0.626. The van der Waals surface area contributed by atoms with Crippen molar-refractivity contribution in [2.45, 2.75) is 19.0 Å². The maximum atomic E-state index is 10.3. The van der Waals surface area contributed by atoms with Gasteiger partial charge in [-0.25, -0.2) is 4.79 Å². The predicted octanol–water partition coefficient (Wildman–Crippen LogP) is 0.326. The number of benzene rings is 1. The molecule has 0 saturated carbocycles. The topological polar surface area (TPSA) is 98.6 Å². The fourth-order valence-corrected chi connectivity index (χ4v) is 1.29. The number of carboxylic acid groups (broad SMARTS) is 1. The number of hydrogen-bond acceptors (Lipinski definition) is 4. The van der Waals surface area contributed by atoms with E-state index in [4.69, 9.17) is 21.3 Å². The number of hydrogen-bond donors (Lipinski definition) is 3. The molecular formula is C11H16N2O3. The highest BCUT2D eigenvalue weighted by Gasteiger charge is 2.11. The van der Waals surface area contributed by atoms with Crippen molar-refractivity contribution in [2.75, 3.05) is 6.61 Å². The van der Waals surface area contributed by atoms with Crippen molar-refractivity contribution in [3.05, 3.63) is 29.8 Å². The monoisotopic (exact) mass is 224 g/mol. The Labute approximate surface area is 94.0 Å². The van der Waals surface area contributed by atoms with E-state index in [0.29, 0.717) is 12.2 Å². The Morgan fingerprint density at radius 1 is 1.38 bits per heavy atom. The lowest BCUT2D eigenvalue weighted by molar-refractivity contribution is -0.139. The largest absolute Gasteiger partial charge is 0.482 e. The molecule has 0 aliphatic carbocycles. The van der Waals surface area contributed by atoms with E-state index in [9.17, 15) is 4.79 Å². The second-order valence-electron chi connectivity index (χ2n) is 4.01. The molecule has 0 saturated heterocycles. The molecule has 1 aromatic carbocycles. The van der Waals surface area contributed by atoms with Crippen molar-refractivity contribution in [1.82, 2.24) is 0 Å². The van der Waals surface area contributed by atoms with Crippen molar-refractivity contribution in [3.8, 4) is 5.75 Å². The Bertz CT molecular complexity index is 354. The molecule has 0 atom stereocenters. The van der Waals surface area contributed by atoms with E-state index in [1.54, 1.807) is 19.1 Å². The molecule has 0 amide bonds. The van der Waals surface area contributed by atoms with Crippen LogP contribution in [0.5, 0.6) is 5.75 Å². The maximum absolute atomic E-state index is 10.3. The van der Waals surface area contributed by atoms with Gasteiger partial charge in [-0.15, -0.1) is 0 Å². The molecule has 0 aliphatic heterocycles. The maximum Gasteiger partial charge on any atom is 0.341 e. The predicted molar refractivity (Wildman–Crippen MR) is 60.1 cm³/mol. The highest BCUT2D eigenvalue weighted by molar-refractivity contribution is 5.68. The average Bonchev–Trinajstić information content (AvgIpc) is 2.14. The number of rotatable bonds is 5. The van der Waals surface area contributed by atoms with Crippen LogP contribution in [0.25, 0.3) is 0 Å². The van der Waals surface area contributed by atoms with Gasteiger partial charge in [0.1, 0.15) is 5.75 Å². The number of nitrogens with two attached hydrogens (primary N) is 2. The van der Waals surface area contributed by atoms with Crippen molar-refractivity contribution < 1.29 is 14.6 Å². The fourth-order valence-electron chi connectivity index (χ4n) is 1.29. The van der Waals surface area contributed by atoms with E-state index < -0.39 is 11.6 Å². The van der Waals surface area contributed by atoms with Crippen LogP contribution in [0.4, 0.5) is 0 Å². The molecule has 1 rings (SSSR count). The molecule has 1 aromatic rings. The van der Waals surface area contributed by atoms with E-state index in [0.717, 1.165) is 5.56 Å². The van der Waals surface area contributed by atoms with E-state index >= 15 is 0 Å². The van der Waals surface area contributed by atoms with Gasteiger partial charge in [0.05, 0.1) is 5.66 Å². The van der Waals surface area contributed by atoms with Crippen LogP contribution >= 0.6 is 0 Å². The molecule has 16 heavy (non-hydrogen) atoms. The Kier molecular flexibility index (Phi) is 3.87. The first kappa shape index (κ1) is 12.5. The zero-order chi connectivity index (χ0) is 12.2. The van der Waals surface area contributed by atoms with E-state index in [2.05, 4.69) is 0 Å². The summed E-state index contributed by atoms with van der Waals surface area (Å²) in [7, 11) is 0. The highest BCUT2D eigenvalue weighted by atomic mass is 16.5. The molecule has 5 N–H and O–H groups in total. The normalized spacial score (nSPS) is 11.2. The number of aliphatic carboxylic acids is 1. The van der Waals surface area contributed by atoms with Crippen LogP contribution in [-0.4, -0.2) is 23.3 Å². The summed E-state index contributed by atoms with van der Waals surface area (Å²) in [6.45, 7) is 1.40. The second kappa shape index (κ2) is 4.96. The van der Waals surface area contributed by atoms with E-state index in [1.807, 2.05) is 12.1 Å². The lowest BCUT2D eigenvalue weighted by Gasteiger charge is -2.18. The minimum Gasteiger partial charge on any atom is -0.482 e. The SMILES string of the molecule is CC(N)(N)Cc1ccc(OCC(=O)O)cc1. The minimum absolute atomic E-state index is 0.342. The first-order valence-electron chi connectivity index (χ1n) is 4.88. The Balaban J connectivity index is 2.57. The lowest BCUT2D eigenvalue weighted by Crippen LogP contribution is -2.47. The van der Waals surface area contributed by atoms with Gasteiger partial charge in [-0.2, -0.15) is 0 Å². The number of carbonyl (C=O) groups is 1. The smallest absolute Gasteiger partial charge is 0.341 e. The molecule has 5 nitrogen and oxygen atoms in total. The molecule has 5 heteroatoms. The average molecular weight is 224 g/mol. The summed E-state index contributed by atoms with van der Waals surface area (Å²) < 4.78 is 4.99. The van der Waals surface area contributed by atoms with Gasteiger partial charge in [0.2, 0.25) is 0 Å². The third-order valence-electron chi connectivity index (χ3n) is 1.87. The Morgan fingerprint density at radius 2 is 1.94 bits per heavy atom. The standard InChI is InChI=1S/C11H16N2O3/c1-11(12,13)6-8-2-4-9(5-3-8)16-7-10(14)15/h2-5H,6-7,12-13H2,1H3,(H,14,15). The summed E-state index contributed by atoms with van der Waals surface area (Å²) >= 11 is 0. The highest BCUT2D eigenvalue weighted by Crippen LogP contribution is 2.14. The van der Waals surface area contributed by atoms with Gasteiger partial charge >= 0.3 is 5.97 Å². The van der Waals surface area contributed by atoms with Crippen LogP contribution in [0, 0.1) is 0 Å². The third kappa shape index (κ3) is 4.77. The summed E-state index contributed by atoms with van der Waals surface area (Å²) in [4.78, 5) is 10.3. The van der Waals surface area contributed by atoms with E-state index in [-0.39, 0.29) is 6.61 Å². The van der Waals surface area contributed by atoms with Gasteiger partial charge in [0, 0.05) is 6.42 Å². The van der Waals surface area contributed by atoms with Gasteiger partial charge < -0.3 is 21.3 Å². The molecule has 0 aromatic heterocycles. The number of carboxylic acids is 1. The first-order valence-corrected chi connectivity index (χ1v) is 4.88. The van der Waals surface area contributed by atoms with Crippen LogP contribution in [0.3, 0.4) is 0 Å². The lowest BCUT2D eigenvalue weighted by atomic mass is 10.0. The Morgan fingerprint density at radius 3 is 2.38 bits per heavy atom. The van der Waals surface area contributed by atoms with Crippen molar-refractivity contribution >= 4 is 5.97 Å². The molecule has 0 aliphatic rings. The van der Waals surface area contributed by atoms with Crippen molar-refractivity contribution in [2.24, 2.45) is 11.5 Å². The molecule has 0 heterocycles. The van der Waals surface area contributed by atoms with Crippen molar-refractivity contribution in [1.29, 1.82) is 0 Å². The van der Waals surface area contributed by atoms with Gasteiger partial charge in [0.25, 0.3) is 0 Å². The molecule has 0 spiro atoms. The van der Waals surface area contributed by atoms with Gasteiger partial charge in [-0.3, -0.25) is 0 Å². The van der Waals surface area contributed by atoms with Gasteiger partial charge in [-0.05, 0) is 24.6 Å². The van der Waals surface area contributed by atoms with E-state index in [1.165, 1.54) is 0 Å². The first-order chi connectivity index (χ1) is 7.37. The summed E-state index contributed by atoms with van der Waals surface area (Å²) in [6, 6.07) is 7.03. The molecule has 0 fully saturated rings. The summed E-state index contributed by atoms with van der Waals surface area (Å²) in [6.07, 6.45) is 0.548. The second-order valence-corrected chi connectivity index (χ2v) is 4.01. The van der Waals surface area contributed by atoms with Gasteiger partial charge in [-0.1, -0.05) is 12.1 Å². The van der Waals surface area contributed by atoms with Crippen LogP contribution in [0.15, 0.2) is 24.3 Å². The molecular weight excluding hydrogens is 208 g/mol. The van der Waals surface area contributed by atoms with Crippen LogP contribution in [-0.2, 0) is 11.2 Å². The Hall–Kier alpha value is -1.59. The zero-order valence-corrected chi connectivity index (χ0v) is 9.14. The third-order valence-corrected chi connectivity index (χ3v) is 1.87. The zero-order valence-electron chi connectivity index (χ0n) is 9.14. The molecule has 0 bridgehead atoms. The summed E-state index contributed by atoms with van der Waals surface area (Å²) in [5.41, 5.74) is 11.6. The minimum atomic E-state index is -0.999. The van der Waals surface area contributed by atoms with Crippen LogP contribution in [0.2, 0.25) is 0 Å². The van der Waals surface area contributed by atoms with Crippen LogP contribution < -0.4 is 16.2 Å². The van der Waals surface area contributed by atoms with Crippen molar-refractivity contribution in [3.63, 3.8) is 0 Å². The van der Waals surface area contributed by atoms with Crippen LogP contribution in [0.1, 0.15) is 12.5 Å². The molecule has 88 valence electrons. The van der Waals surface area contributed by atoms with Gasteiger partial charge in [0.15, 0.2) is 6.61 Å². The summed E-state index contributed by atoms with van der Waals surface area (Å²) in [5, 5.41) is 8.42. The molecule has 0 unspecified atom stereocenters. The number of ether oxygens (including phenoxy) is 1. The fraction of sp³-hybridized carbons (Fsp3) is 0.364.